The summed E-state index contributed by atoms with van der Waals surface area (Å²) in [6.07, 6.45) is 2.69. The van der Waals surface area contributed by atoms with Gasteiger partial charge in [0.25, 0.3) is 5.91 Å². The molecule has 7 heteroatoms. The predicted molar refractivity (Wildman–Crippen MR) is 116 cm³/mol. The zero-order valence-electron chi connectivity index (χ0n) is 15.9. The monoisotopic (exact) mass is 416 g/mol. The molecule has 1 saturated heterocycles. The number of carbonyl (C=O) groups is 1. The number of ether oxygens (including phenoxy) is 2. The van der Waals surface area contributed by atoms with Crippen LogP contribution in [0.2, 0.25) is 5.02 Å². The van der Waals surface area contributed by atoms with Crippen molar-refractivity contribution in [2.75, 3.05) is 20.8 Å². The van der Waals surface area contributed by atoms with Gasteiger partial charge >= 0.3 is 0 Å². The first-order chi connectivity index (χ1) is 13.5. The minimum atomic E-state index is -0.116. The van der Waals surface area contributed by atoms with Crippen LogP contribution in [-0.2, 0) is 4.79 Å². The molecular weight excluding hydrogens is 396 g/mol. The summed E-state index contributed by atoms with van der Waals surface area (Å²) in [6, 6.07) is 12.8. The van der Waals surface area contributed by atoms with Crippen LogP contribution in [0.1, 0.15) is 18.9 Å². The summed E-state index contributed by atoms with van der Waals surface area (Å²) in [6.45, 7) is 2.61. The number of hydrogen-bond donors (Lipinski definition) is 0. The molecule has 0 N–H and O–H groups in total. The van der Waals surface area contributed by atoms with Gasteiger partial charge in [-0.3, -0.25) is 9.69 Å². The number of nitrogens with zero attached hydrogens (tertiary/aromatic N) is 2. The van der Waals surface area contributed by atoms with Gasteiger partial charge in [0.1, 0.15) is 0 Å². The Balaban J connectivity index is 1.94. The molecule has 1 aliphatic rings. The highest BCUT2D eigenvalue weighted by Crippen LogP contribution is 2.38. The normalized spacial score (nSPS) is 16.9. The molecule has 0 radical (unpaired) electrons. The molecule has 3 rings (SSSR count). The van der Waals surface area contributed by atoms with Gasteiger partial charge in [0, 0.05) is 17.6 Å². The van der Waals surface area contributed by atoms with Crippen LogP contribution in [0, 0.1) is 0 Å². The Morgan fingerprint density at radius 1 is 1.25 bits per heavy atom. The molecular formula is C21H21ClN2O3S. The molecule has 0 aliphatic carbocycles. The molecule has 0 spiro atoms. The fourth-order valence-corrected chi connectivity index (χ4v) is 3.78. The fraction of sp³-hybridized carbons (Fsp3) is 0.238. The molecule has 0 aromatic heterocycles. The molecule has 146 valence electrons. The zero-order chi connectivity index (χ0) is 20.1. The van der Waals surface area contributed by atoms with E-state index >= 15 is 0 Å². The largest absolute Gasteiger partial charge is 0.493 e. The molecule has 2 aromatic rings. The molecule has 28 heavy (non-hydrogen) atoms. The van der Waals surface area contributed by atoms with Gasteiger partial charge in [0.05, 0.1) is 24.3 Å². The van der Waals surface area contributed by atoms with Crippen LogP contribution in [0.4, 0.5) is 5.69 Å². The van der Waals surface area contributed by atoms with E-state index in [2.05, 4.69) is 4.99 Å². The topological polar surface area (TPSA) is 51.1 Å². The quantitative estimate of drug-likeness (QED) is 0.594. The van der Waals surface area contributed by atoms with E-state index in [1.54, 1.807) is 26.3 Å². The molecule has 5 nitrogen and oxygen atoms in total. The summed E-state index contributed by atoms with van der Waals surface area (Å²) < 4.78 is 11.3. The lowest BCUT2D eigenvalue weighted by atomic mass is 10.1. The van der Waals surface area contributed by atoms with Crippen LogP contribution < -0.4 is 9.47 Å². The van der Waals surface area contributed by atoms with E-state index in [-0.39, 0.29) is 5.91 Å². The second-order valence-electron chi connectivity index (χ2n) is 6.08. The third-order valence-electron chi connectivity index (χ3n) is 4.00. The lowest BCUT2D eigenvalue weighted by Crippen LogP contribution is -2.23. The Morgan fingerprint density at radius 2 is 2.04 bits per heavy atom. The first kappa shape index (κ1) is 20.3. The minimum Gasteiger partial charge on any atom is -0.493 e. The van der Waals surface area contributed by atoms with Crippen molar-refractivity contribution >= 4 is 46.2 Å². The number of amidine groups is 1. The number of methoxy groups -OCH3 is 1. The number of halogens is 1. The van der Waals surface area contributed by atoms with Crippen molar-refractivity contribution in [2.45, 2.75) is 13.3 Å². The van der Waals surface area contributed by atoms with Crippen molar-refractivity contribution in [1.29, 1.82) is 0 Å². The number of hydrogen-bond acceptors (Lipinski definition) is 5. The molecule has 1 aliphatic heterocycles. The maximum absolute atomic E-state index is 12.7. The highest BCUT2D eigenvalue weighted by atomic mass is 35.5. The maximum atomic E-state index is 12.7. The molecule has 1 heterocycles. The summed E-state index contributed by atoms with van der Waals surface area (Å²) in [5, 5.41) is 1.20. The van der Waals surface area contributed by atoms with E-state index in [1.807, 2.05) is 43.3 Å². The Bertz CT molecular complexity index is 943. The number of carbonyl (C=O) groups excluding carboxylic acids is 1. The van der Waals surface area contributed by atoms with E-state index < -0.39 is 0 Å². The number of amides is 1. The van der Waals surface area contributed by atoms with Crippen molar-refractivity contribution < 1.29 is 14.3 Å². The van der Waals surface area contributed by atoms with Gasteiger partial charge < -0.3 is 9.47 Å². The van der Waals surface area contributed by atoms with E-state index in [0.29, 0.717) is 38.9 Å². The molecule has 0 bridgehead atoms. The average molecular weight is 417 g/mol. The van der Waals surface area contributed by atoms with Gasteiger partial charge in [-0.1, -0.05) is 36.7 Å². The van der Waals surface area contributed by atoms with Crippen LogP contribution in [0.15, 0.2) is 52.4 Å². The molecule has 0 atom stereocenters. The van der Waals surface area contributed by atoms with Crippen LogP contribution in [0.3, 0.4) is 0 Å². The highest BCUT2D eigenvalue weighted by molar-refractivity contribution is 8.18. The molecule has 1 amide bonds. The van der Waals surface area contributed by atoms with E-state index in [9.17, 15) is 4.79 Å². The molecule has 0 saturated carbocycles. The molecule has 2 aromatic carbocycles. The Kier molecular flexibility index (Phi) is 6.65. The van der Waals surface area contributed by atoms with Crippen LogP contribution in [-0.4, -0.2) is 36.7 Å². The first-order valence-corrected chi connectivity index (χ1v) is 10.0. The number of benzene rings is 2. The lowest BCUT2D eigenvalue weighted by molar-refractivity contribution is -0.121. The number of thioether (sulfide) groups is 1. The smallest absolute Gasteiger partial charge is 0.266 e. The zero-order valence-corrected chi connectivity index (χ0v) is 17.5. The summed E-state index contributed by atoms with van der Waals surface area (Å²) in [4.78, 5) is 19.4. The van der Waals surface area contributed by atoms with Crippen LogP contribution in [0.5, 0.6) is 11.5 Å². The van der Waals surface area contributed by atoms with Gasteiger partial charge in [0.2, 0.25) is 0 Å². The standard InChI is InChI=1S/C21H21ClN2O3S/c1-4-11-27-19-14(7-5-10-17(19)26-3)12-18-20(25)24(2)21(28-18)23-16-9-6-8-15(22)13-16/h5-10,12-13H,4,11H2,1-3H3/b18-12+,23-21?. The van der Waals surface area contributed by atoms with Crippen LogP contribution >= 0.6 is 23.4 Å². The highest BCUT2D eigenvalue weighted by Gasteiger charge is 2.30. The van der Waals surface area contributed by atoms with E-state index in [0.717, 1.165) is 12.0 Å². The first-order valence-electron chi connectivity index (χ1n) is 8.85. The van der Waals surface area contributed by atoms with Gasteiger partial charge in [-0.2, -0.15) is 0 Å². The van der Waals surface area contributed by atoms with Gasteiger partial charge in [-0.05, 0) is 48.5 Å². The second-order valence-corrected chi connectivity index (χ2v) is 7.52. The van der Waals surface area contributed by atoms with Gasteiger partial charge in [-0.25, -0.2) is 4.99 Å². The summed E-state index contributed by atoms with van der Waals surface area (Å²) >= 11 is 7.34. The summed E-state index contributed by atoms with van der Waals surface area (Å²) in [7, 11) is 3.31. The Hall–Kier alpha value is -2.44. The summed E-state index contributed by atoms with van der Waals surface area (Å²) in [5.41, 5.74) is 1.49. The lowest BCUT2D eigenvalue weighted by Gasteiger charge is -2.13. The molecule has 0 unspecified atom stereocenters. The van der Waals surface area contributed by atoms with E-state index in [1.165, 1.54) is 16.7 Å². The SMILES string of the molecule is CCCOc1c(/C=C2/SC(=Nc3cccc(Cl)c3)N(C)C2=O)cccc1OC. The van der Waals surface area contributed by atoms with Gasteiger partial charge in [-0.15, -0.1) is 0 Å². The Labute approximate surface area is 174 Å². The number of para-hydroxylation sites is 1. The van der Waals surface area contributed by atoms with Crippen molar-refractivity contribution in [3.05, 3.63) is 58.0 Å². The second kappa shape index (κ2) is 9.17. The van der Waals surface area contributed by atoms with Crippen molar-refractivity contribution in [2.24, 2.45) is 4.99 Å². The number of aliphatic imine (C=N–C) groups is 1. The molecule has 1 fully saturated rings. The third kappa shape index (κ3) is 4.51. The number of rotatable bonds is 6. The predicted octanol–water partition coefficient (Wildman–Crippen LogP) is 5.37. The van der Waals surface area contributed by atoms with E-state index in [4.69, 9.17) is 21.1 Å². The van der Waals surface area contributed by atoms with Gasteiger partial charge in [0.15, 0.2) is 16.7 Å². The van der Waals surface area contributed by atoms with Crippen molar-refractivity contribution in [1.82, 2.24) is 4.90 Å². The maximum Gasteiger partial charge on any atom is 0.266 e. The fourth-order valence-electron chi connectivity index (χ4n) is 2.61. The Morgan fingerprint density at radius 3 is 2.75 bits per heavy atom. The van der Waals surface area contributed by atoms with Crippen molar-refractivity contribution in [3.8, 4) is 11.5 Å². The average Bonchev–Trinajstić information content (AvgIpc) is 2.94. The minimum absolute atomic E-state index is 0.116. The summed E-state index contributed by atoms with van der Waals surface area (Å²) in [5.74, 6) is 1.16. The third-order valence-corrected chi connectivity index (χ3v) is 5.30. The van der Waals surface area contributed by atoms with Crippen molar-refractivity contribution in [3.63, 3.8) is 0 Å². The number of likely N-dealkylation sites (N-methyl/N-ethyl adjacent to an activating group) is 1. The van der Waals surface area contributed by atoms with Crippen LogP contribution in [0.25, 0.3) is 6.08 Å².